The minimum Gasteiger partial charge on any atom is -0.455 e. The number of nitriles is 2. The summed E-state index contributed by atoms with van der Waals surface area (Å²) in [5.41, 5.74) is 9.41. The molecule has 0 bridgehead atoms. The number of fused-ring (bicyclic) bond motifs is 14. The number of hydrogen-bond acceptors (Lipinski definition) is 4. The lowest BCUT2D eigenvalue weighted by Crippen LogP contribution is -2.00. The zero-order valence-corrected chi connectivity index (χ0v) is 31.4. The van der Waals surface area contributed by atoms with E-state index in [1.807, 2.05) is 137 Å². The van der Waals surface area contributed by atoms with Gasteiger partial charge in [0, 0.05) is 37.9 Å². The van der Waals surface area contributed by atoms with E-state index in [0.717, 1.165) is 87.5 Å². The maximum absolute atomic E-state index is 10.9. The molecule has 0 amide bonds. The van der Waals surface area contributed by atoms with Crippen molar-refractivity contribution in [2.45, 2.75) is 0 Å². The third-order valence-corrected chi connectivity index (χ3v) is 11.8. The molecule has 0 atom stereocenters. The van der Waals surface area contributed by atoms with Crippen molar-refractivity contribution in [3.05, 3.63) is 180 Å². The Morgan fingerprint density at radius 3 is 1.47 bits per heavy atom. The monoisotopic (exact) mass is 764 g/mol. The SMILES string of the molecule is [C-]#[N+]c1cc(-n2c3ccccc3c3c4oc5ccccc5c4ccc32)c(C#N)cc1-c1cc(-n2c3ccccc3c3c4oc5ccccc5c4ccc32)c([N+]#[C-])cc1C#N. The quantitative estimate of drug-likeness (QED) is 0.167. The van der Waals surface area contributed by atoms with Gasteiger partial charge in [-0.2, -0.15) is 10.5 Å². The van der Waals surface area contributed by atoms with Crippen molar-refractivity contribution >= 4 is 98.9 Å². The summed E-state index contributed by atoms with van der Waals surface area (Å²) >= 11 is 0. The summed E-state index contributed by atoms with van der Waals surface area (Å²) in [5, 5.41) is 29.2. The number of nitrogens with zero attached hydrogens (tertiary/aromatic N) is 6. The number of para-hydroxylation sites is 4. The van der Waals surface area contributed by atoms with Gasteiger partial charge in [-0.15, -0.1) is 0 Å². The van der Waals surface area contributed by atoms with E-state index in [2.05, 4.69) is 21.8 Å². The zero-order valence-electron chi connectivity index (χ0n) is 31.4. The van der Waals surface area contributed by atoms with E-state index in [-0.39, 0.29) is 16.9 Å². The minimum atomic E-state index is 0.218. The Morgan fingerprint density at radius 2 is 0.933 bits per heavy atom. The van der Waals surface area contributed by atoms with Gasteiger partial charge in [-0.25, -0.2) is 9.69 Å². The second kappa shape index (κ2) is 12.2. The van der Waals surface area contributed by atoms with Crippen molar-refractivity contribution < 1.29 is 8.83 Å². The van der Waals surface area contributed by atoms with Gasteiger partial charge in [-0.1, -0.05) is 72.8 Å². The molecule has 0 unspecified atom stereocenters. The molecule has 4 aromatic heterocycles. The van der Waals surface area contributed by atoms with Crippen molar-refractivity contribution in [1.29, 1.82) is 10.5 Å². The van der Waals surface area contributed by atoms with Gasteiger partial charge >= 0.3 is 0 Å². The maximum Gasteiger partial charge on any atom is 0.211 e. The van der Waals surface area contributed by atoms with Crippen molar-refractivity contribution in [2.24, 2.45) is 0 Å². The second-order valence-corrected chi connectivity index (χ2v) is 14.8. The van der Waals surface area contributed by atoms with Crippen LogP contribution in [-0.4, -0.2) is 9.13 Å². The molecule has 12 aromatic rings. The molecule has 0 aliphatic heterocycles. The summed E-state index contributed by atoms with van der Waals surface area (Å²) in [7, 11) is 0. The molecular formula is C52H24N6O2. The fourth-order valence-corrected chi connectivity index (χ4v) is 9.31. The summed E-state index contributed by atoms with van der Waals surface area (Å²) in [5.74, 6) is 0. The standard InChI is InChI=1S/C52H24N6O2/c1-55-39-26-45(57-41-15-7-3-13-35(41)49-43(57)21-19-33-31-11-5-9-17-47(31)59-51(33)49)30(28-54)23-38(39)37-25-46(40(56-2)24-29(37)27-53)58-42-16-8-4-14-36(42)50-44(58)22-20-34-32-12-6-10-18-48(32)60-52(34)50/h3-26H. The van der Waals surface area contributed by atoms with Crippen LogP contribution < -0.4 is 0 Å². The van der Waals surface area contributed by atoms with Crippen LogP contribution in [0.2, 0.25) is 0 Å². The lowest BCUT2D eigenvalue weighted by Gasteiger charge is -2.17. The van der Waals surface area contributed by atoms with E-state index >= 15 is 0 Å². The van der Waals surface area contributed by atoms with E-state index in [0.29, 0.717) is 28.1 Å². The maximum atomic E-state index is 10.9. The largest absolute Gasteiger partial charge is 0.455 e. The predicted octanol–water partition coefficient (Wildman–Crippen LogP) is 14.2. The molecule has 274 valence electrons. The molecule has 0 saturated carbocycles. The molecule has 8 heteroatoms. The summed E-state index contributed by atoms with van der Waals surface area (Å²) in [6.45, 7) is 16.8. The molecule has 8 nitrogen and oxygen atoms in total. The topological polar surface area (TPSA) is 92.4 Å². The zero-order chi connectivity index (χ0) is 40.2. The summed E-state index contributed by atoms with van der Waals surface area (Å²) in [4.78, 5) is 7.95. The van der Waals surface area contributed by atoms with E-state index < -0.39 is 0 Å². The van der Waals surface area contributed by atoms with Crippen LogP contribution in [0.15, 0.2) is 154 Å². The Bertz CT molecular complexity index is 4070. The third-order valence-electron chi connectivity index (χ3n) is 11.8. The van der Waals surface area contributed by atoms with Crippen molar-refractivity contribution in [1.82, 2.24) is 9.13 Å². The highest BCUT2D eigenvalue weighted by atomic mass is 16.3. The lowest BCUT2D eigenvalue weighted by atomic mass is 9.94. The number of benzene rings is 8. The molecule has 0 aliphatic rings. The first-order valence-corrected chi connectivity index (χ1v) is 19.2. The van der Waals surface area contributed by atoms with E-state index in [1.54, 1.807) is 18.2 Å². The molecule has 60 heavy (non-hydrogen) atoms. The average molecular weight is 765 g/mol. The third kappa shape index (κ3) is 4.34. The average Bonchev–Trinajstić information content (AvgIpc) is 4.05. The molecule has 0 aliphatic carbocycles. The molecule has 0 fully saturated rings. The predicted molar refractivity (Wildman–Crippen MR) is 237 cm³/mol. The Labute approximate surface area is 340 Å². The van der Waals surface area contributed by atoms with Crippen LogP contribution in [0.1, 0.15) is 11.1 Å². The van der Waals surface area contributed by atoms with Gasteiger partial charge < -0.3 is 18.0 Å². The molecule has 12 rings (SSSR count). The number of furan rings is 2. The Hall–Kier alpha value is -9.08. The van der Waals surface area contributed by atoms with Gasteiger partial charge in [0.2, 0.25) is 5.69 Å². The lowest BCUT2D eigenvalue weighted by molar-refractivity contribution is 0.672. The van der Waals surface area contributed by atoms with Gasteiger partial charge in [-0.3, -0.25) is 0 Å². The van der Waals surface area contributed by atoms with Gasteiger partial charge in [0.1, 0.15) is 28.4 Å². The van der Waals surface area contributed by atoms with Crippen LogP contribution in [-0.2, 0) is 0 Å². The van der Waals surface area contributed by atoms with Crippen molar-refractivity contribution in [3.63, 3.8) is 0 Å². The highest BCUT2D eigenvalue weighted by Crippen LogP contribution is 2.46. The van der Waals surface area contributed by atoms with Gasteiger partial charge in [0.25, 0.3) is 0 Å². The molecule has 4 heterocycles. The molecule has 0 radical (unpaired) electrons. The second-order valence-electron chi connectivity index (χ2n) is 14.8. The van der Waals surface area contributed by atoms with E-state index in [1.165, 1.54) is 0 Å². The summed E-state index contributed by atoms with van der Waals surface area (Å²) in [6.07, 6.45) is 0. The first-order valence-electron chi connectivity index (χ1n) is 19.2. The van der Waals surface area contributed by atoms with Crippen molar-refractivity contribution in [3.8, 4) is 34.6 Å². The molecule has 0 N–H and O–H groups in total. The van der Waals surface area contributed by atoms with Gasteiger partial charge in [-0.05, 0) is 83.9 Å². The normalized spacial score (nSPS) is 11.6. The highest BCUT2D eigenvalue weighted by Gasteiger charge is 2.25. The van der Waals surface area contributed by atoms with Crippen LogP contribution in [0.5, 0.6) is 0 Å². The van der Waals surface area contributed by atoms with Gasteiger partial charge in [0.15, 0.2) is 5.69 Å². The minimum absolute atomic E-state index is 0.218. The van der Waals surface area contributed by atoms with Gasteiger partial charge in [0.05, 0.1) is 69.0 Å². The molecular weight excluding hydrogens is 741 g/mol. The van der Waals surface area contributed by atoms with E-state index in [4.69, 9.17) is 22.0 Å². The first-order chi connectivity index (χ1) is 29.6. The number of hydrogen-bond donors (Lipinski definition) is 0. The van der Waals surface area contributed by atoms with Crippen LogP contribution in [0.3, 0.4) is 0 Å². The Balaban J connectivity index is 1.12. The highest BCUT2D eigenvalue weighted by molar-refractivity contribution is 6.25. The Morgan fingerprint density at radius 1 is 0.433 bits per heavy atom. The van der Waals surface area contributed by atoms with E-state index in [9.17, 15) is 10.5 Å². The van der Waals surface area contributed by atoms with Crippen LogP contribution in [0.25, 0.3) is 120 Å². The summed E-state index contributed by atoms with van der Waals surface area (Å²) < 4.78 is 17.0. The Kier molecular flexibility index (Phi) is 6.73. The van der Waals surface area contributed by atoms with Crippen LogP contribution in [0.4, 0.5) is 11.4 Å². The number of aromatic nitrogens is 2. The van der Waals surface area contributed by atoms with Crippen LogP contribution in [0, 0.1) is 35.8 Å². The molecule has 0 spiro atoms. The molecule has 8 aromatic carbocycles. The molecule has 0 saturated heterocycles. The smallest absolute Gasteiger partial charge is 0.211 e. The fourth-order valence-electron chi connectivity index (χ4n) is 9.31. The first kappa shape index (κ1) is 33.1. The number of rotatable bonds is 3. The van der Waals surface area contributed by atoms with Crippen LogP contribution >= 0.6 is 0 Å². The van der Waals surface area contributed by atoms with Crippen molar-refractivity contribution in [2.75, 3.05) is 0 Å². The summed E-state index contributed by atoms with van der Waals surface area (Å²) in [6, 6.07) is 51.6. The fraction of sp³-hybridized carbons (Fsp3) is 0.